The van der Waals surface area contributed by atoms with Crippen molar-refractivity contribution in [2.45, 2.75) is 13.5 Å². The highest BCUT2D eigenvalue weighted by Crippen LogP contribution is 2.14. The van der Waals surface area contributed by atoms with E-state index in [-0.39, 0.29) is 11.4 Å². The molecule has 0 bridgehead atoms. The first-order valence-corrected chi connectivity index (χ1v) is 5.14. The second-order valence-electron chi connectivity index (χ2n) is 3.49. The number of hydrogen-bond acceptors (Lipinski definition) is 2. The summed E-state index contributed by atoms with van der Waals surface area (Å²) in [5.74, 6) is -1.98. The molecule has 0 N–H and O–H groups in total. The molecule has 0 aliphatic rings. The van der Waals surface area contributed by atoms with Crippen LogP contribution < -0.4 is 0 Å². The molecule has 17 heavy (non-hydrogen) atoms. The van der Waals surface area contributed by atoms with E-state index in [0.717, 1.165) is 12.1 Å². The zero-order valence-electron chi connectivity index (χ0n) is 9.15. The molecule has 0 saturated carbocycles. The van der Waals surface area contributed by atoms with E-state index < -0.39 is 17.4 Å². The van der Waals surface area contributed by atoms with Crippen molar-refractivity contribution in [3.8, 4) is 0 Å². The molecule has 88 valence electrons. The molecular formula is C12H10F2N2O. The molecule has 2 rings (SSSR count). The van der Waals surface area contributed by atoms with E-state index in [1.807, 2.05) is 6.92 Å². The van der Waals surface area contributed by atoms with Crippen molar-refractivity contribution in [2.75, 3.05) is 0 Å². The Labute approximate surface area is 96.7 Å². The van der Waals surface area contributed by atoms with Gasteiger partial charge in [-0.25, -0.2) is 13.8 Å². The lowest BCUT2D eigenvalue weighted by Crippen LogP contribution is -2.12. The molecule has 0 fully saturated rings. The van der Waals surface area contributed by atoms with E-state index in [2.05, 4.69) is 4.98 Å². The number of carbonyl (C=O) groups is 1. The zero-order valence-corrected chi connectivity index (χ0v) is 9.15. The van der Waals surface area contributed by atoms with Crippen molar-refractivity contribution >= 4 is 5.78 Å². The fraction of sp³-hybridized carbons (Fsp3) is 0.167. The SMILES string of the molecule is CCn1ccnc1C(=O)c1ccc(F)cc1F. The molecule has 0 aliphatic heterocycles. The van der Waals surface area contributed by atoms with Crippen LogP contribution in [0.4, 0.5) is 8.78 Å². The standard InChI is InChI=1S/C12H10F2N2O/c1-2-16-6-5-15-12(16)11(17)9-4-3-8(13)7-10(9)14/h3-7H,2H2,1H3. The minimum atomic E-state index is -0.874. The minimum Gasteiger partial charge on any atom is -0.328 e. The van der Waals surface area contributed by atoms with Crippen molar-refractivity contribution in [2.24, 2.45) is 0 Å². The lowest BCUT2D eigenvalue weighted by Gasteiger charge is -2.04. The average molecular weight is 236 g/mol. The number of nitrogens with zero attached hydrogens (tertiary/aromatic N) is 2. The molecule has 0 amide bonds. The minimum absolute atomic E-state index is 0.151. The number of carbonyl (C=O) groups excluding carboxylic acids is 1. The lowest BCUT2D eigenvalue weighted by atomic mass is 10.1. The Morgan fingerprint density at radius 1 is 1.41 bits per heavy atom. The number of rotatable bonds is 3. The number of benzene rings is 1. The van der Waals surface area contributed by atoms with Crippen LogP contribution in [0.5, 0.6) is 0 Å². The smallest absolute Gasteiger partial charge is 0.231 e. The van der Waals surface area contributed by atoms with Gasteiger partial charge in [0.15, 0.2) is 5.82 Å². The summed E-state index contributed by atoms with van der Waals surface area (Å²) in [6.45, 7) is 2.41. The monoisotopic (exact) mass is 236 g/mol. The third kappa shape index (κ3) is 2.08. The van der Waals surface area contributed by atoms with E-state index in [9.17, 15) is 13.6 Å². The number of halogens is 2. The summed E-state index contributed by atoms with van der Waals surface area (Å²) < 4.78 is 27.8. The molecule has 0 saturated heterocycles. The zero-order chi connectivity index (χ0) is 12.4. The van der Waals surface area contributed by atoms with Crippen LogP contribution in [-0.2, 0) is 6.54 Å². The van der Waals surface area contributed by atoms with Gasteiger partial charge in [-0.3, -0.25) is 4.79 Å². The summed E-state index contributed by atoms with van der Waals surface area (Å²) in [5.41, 5.74) is -0.174. The van der Waals surface area contributed by atoms with Gasteiger partial charge in [-0.2, -0.15) is 0 Å². The summed E-state index contributed by atoms with van der Waals surface area (Å²) in [4.78, 5) is 15.9. The highest BCUT2D eigenvalue weighted by Gasteiger charge is 2.18. The predicted octanol–water partition coefficient (Wildman–Crippen LogP) is 2.41. The van der Waals surface area contributed by atoms with Gasteiger partial charge < -0.3 is 4.57 Å². The quantitative estimate of drug-likeness (QED) is 0.767. The van der Waals surface area contributed by atoms with Crippen molar-refractivity contribution < 1.29 is 13.6 Å². The summed E-state index contributed by atoms with van der Waals surface area (Å²) in [6.07, 6.45) is 3.10. The molecule has 0 unspecified atom stereocenters. The van der Waals surface area contributed by atoms with E-state index >= 15 is 0 Å². The summed E-state index contributed by atoms with van der Waals surface area (Å²) in [7, 11) is 0. The highest BCUT2D eigenvalue weighted by molar-refractivity contribution is 6.06. The number of aryl methyl sites for hydroxylation is 1. The van der Waals surface area contributed by atoms with Gasteiger partial charge in [-0.05, 0) is 19.1 Å². The Morgan fingerprint density at radius 2 is 2.18 bits per heavy atom. The van der Waals surface area contributed by atoms with E-state index in [1.54, 1.807) is 10.8 Å². The topological polar surface area (TPSA) is 34.9 Å². The fourth-order valence-corrected chi connectivity index (χ4v) is 1.57. The second kappa shape index (κ2) is 4.45. The first kappa shape index (κ1) is 11.4. The van der Waals surface area contributed by atoms with Crippen LogP contribution in [0.15, 0.2) is 30.6 Å². The van der Waals surface area contributed by atoms with E-state index in [4.69, 9.17) is 0 Å². The maximum absolute atomic E-state index is 13.4. The molecule has 2 aromatic rings. The van der Waals surface area contributed by atoms with Gasteiger partial charge in [-0.1, -0.05) is 0 Å². The molecule has 1 heterocycles. The van der Waals surface area contributed by atoms with Crippen molar-refractivity contribution in [3.63, 3.8) is 0 Å². The van der Waals surface area contributed by atoms with Gasteiger partial charge in [-0.15, -0.1) is 0 Å². The molecule has 0 aliphatic carbocycles. The molecular weight excluding hydrogens is 226 g/mol. The van der Waals surface area contributed by atoms with Gasteiger partial charge in [0.25, 0.3) is 0 Å². The van der Waals surface area contributed by atoms with Gasteiger partial charge in [0, 0.05) is 25.0 Å². The van der Waals surface area contributed by atoms with Crippen LogP contribution in [0.25, 0.3) is 0 Å². The fourth-order valence-electron chi connectivity index (χ4n) is 1.57. The van der Waals surface area contributed by atoms with Crippen molar-refractivity contribution in [1.82, 2.24) is 9.55 Å². The first-order chi connectivity index (χ1) is 8.13. The van der Waals surface area contributed by atoms with Crippen LogP contribution in [0.2, 0.25) is 0 Å². The molecule has 0 radical (unpaired) electrons. The van der Waals surface area contributed by atoms with Gasteiger partial charge in [0.2, 0.25) is 5.78 Å². The molecule has 3 nitrogen and oxygen atoms in total. The maximum atomic E-state index is 13.4. The third-order valence-corrected chi connectivity index (χ3v) is 2.44. The molecule has 1 aromatic carbocycles. The first-order valence-electron chi connectivity index (χ1n) is 5.14. The Kier molecular flexibility index (Phi) is 2.99. The Morgan fingerprint density at radius 3 is 2.82 bits per heavy atom. The number of imidazole rings is 1. The lowest BCUT2D eigenvalue weighted by molar-refractivity contribution is 0.102. The normalized spacial score (nSPS) is 10.5. The van der Waals surface area contributed by atoms with Crippen LogP contribution in [0.3, 0.4) is 0 Å². The molecule has 1 aromatic heterocycles. The number of aromatic nitrogens is 2. The van der Waals surface area contributed by atoms with Crippen LogP contribution in [-0.4, -0.2) is 15.3 Å². The maximum Gasteiger partial charge on any atom is 0.231 e. The van der Waals surface area contributed by atoms with Crippen LogP contribution in [0.1, 0.15) is 23.1 Å². The Bertz CT molecular complexity index is 563. The Hall–Kier alpha value is -2.04. The molecule has 0 atom stereocenters. The van der Waals surface area contributed by atoms with Crippen LogP contribution in [0, 0.1) is 11.6 Å². The third-order valence-electron chi connectivity index (χ3n) is 2.44. The summed E-state index contributed by atoms with van der Waals surface area (Å²) in [6, 6.07) is 2.86. The molecule has 5 heteroatoms. The van der Waals surface area contributed by atoms with Gasteiger partial charge >= 0.3 is 0 Å². The van der Waals surface area contributed by atoms with E-state index in [0.29, 0.717) is 12.6 Å². The second-order valence-corrected chi connectivity index (χ2v) is 3.49. The number of ketones is 1. The summed E-state index contributed by atoms with van der Waals surface area (Å²) in [5, 5.41) is 0. The van der Waals surface area contributed by atoms with E-state index in [1.165, 1.54) is 6.20 Å². The number of hydrogen-bond donors (Lipinski definition) is 0. The Balaban J connectivity index is 2.44. The summed E-state index contributed by atoms with van der Waals surface area (Å²) >= 11 is 0. The van der Waals surface area contributed by atoms with Crippen molar-refractivity contribution in [3.05, 3.63) is 53.6 Å². The highest BCUT2D eigenvalue weighted by atomic mass is 19.1. The van der Waals surface area contributed by atoms with Gasteiger partial charge in [0.05, 0.1) is 5.56 Å². The van der Waals surface area contributed by atoms with Gasteiger partial charge in [0.1, 0.15) is 11.6 Å². The molecule has 0 spiro atoms. The largest absolute Gasteiger partial charge is 0.328 e. The predicted molar refractivity (Wildman–Crippen MR) is 57.7 cm³/mol. The van der Waals surface area contributed by atoms with Crippen LogP contribution >= 0.6 is 0 Å². The average Bonchev–Trinajstić information content (AvgIpc) is 2.76. The van der Waals surface area contributed by atoms with Crippen molar-refractivity contribution in [1.29, 1.82) is 0 Å².